The van der Waals surface area contributed by atoms with Gasteiger partial charge in [0, 0.05) is 17.6 Å². The Morgan fingerprint density at radius 3 is 2.75 bits per heavy atom. The molecule has 1 fully saturated rings. The van der Waals surface area contributed by atoms with Crippen molar-refractivity contribution >= 4 is 23.5 Å². The normalized spacial score (nSPS) is 22.6. The third-order valence-electron chi connectivity index (χ3n) is 3.73. The zero-order valence-electron chi connectivity index (χ0n) is 11.0. The van der Waals surface area contributed by atoms with E-state index in [1.807, 2.05) is 0 Å². The lowest BCUT2D eigenvalue weighted by atomic mass is 9.90. The van der Waals surface area contributed by atoms with Crippen LogP contribution >= 0.6 is 11.6 Å². The van der Waals surface area contributed by atoms with Gasteiger partial charge in [0.05, 0.1) is 11.5 Å². The van der Waals surface area contributed by atoms with Crippen molar-refractivity contribution < 1.29 is 19.1 Å². The zero-order valence-corrected chi connectivity index (χ0v) is 11.7. The van der Waals surface area contributed by atoms with Crippen molar-refractivity contribution in [3.05, 3.63) is 34.6 Å². The van der Waals surface area contributed by atoms with Gasteiger partial charge in [0.1, 0.15) is 5.82 Å². The summed E-state index contributed by atoms with van der Waals surface area (Å²) in [6, 6.07) is 3.40. The number of carboxylic acids is 1. The highest BCUT2D eigenvalue weighted by Crippen LogP contribution is 2.26. The van der Waals surface area contributed by atoms with Gasteiger partial charge in [-0.05, 0) is 38.0 Å². The number of piperidine rings is 1. The second-order valence-corrected chi connectivity index (χ2v) is 5.39. The van der Waals surface area contributed by atoms with Gasteiger partial charge in [-0.2, -0.15) is 0 Å². The molecule has 2 atom stereocenters. The minimum absolute atomic E-state index is 0.0766. The first-order valence-electron chi connectivity index (χ1n) is 6.40. The van der Waals surface area contributed by atoms with Gasteiger partial charge < -0.3 is 10.0 Å². The first kappa shape index (κ1) is 14.8. The number of hydrogen-bond donors (Lipinski definition) is 1. The molecule has 0 bridgehead atoms. The number of hydrogen-bond acceptors (Lipinski definition) is 2. The summed E-state index contributed by atoms with van der Waals surface area (Å²) in [4.78, 5) is 24.9. The van der Waals surface area contributed by atoms with Crippen molar-refractivity contribution in [3.8, 4) is 0 Å². The van der Waals surface area contributed by atoms with E-state index >= 15 is 0 Å². The highest BCUT2D eigenvalue weighted by atomic mass is 35.5. The largest absolute Gasteiger partial charge is 0.481 e. The van der Waals surface area contributed by atoms with E-state index < -0.39 is 29.7 Å². The average molecular weight is 300 g/mol. The highest BCUT2D eigenvalue weighted by molar-refractivity contribution is 6.30. The molecule has 1 amide bonds. The van der Waals surface area contributed by atoms with Crippen LogP contribution in [-0.2, 0) is 4.79 Å². The summed E-state index contributed by atoms with van der Waals surface area (Å²) in [5.41, 5.74) is -0.0766. The van der Waals surface area contributed by atoms with Crippen LogP contribution < -0.4 is 0 Å². The van der Waals surface area contributed by atoms with E-state index in [1.165, 1.54) is 17.0 Å². The van der Waals surface area contributed by atoms with E-state index in [0.717, 1.165) is 6.07 Å². The molecule has 1 aliphatic heterocycles. The number of rotatable bonds is 2. The Kier molecular flexibility index (Phi) is 4.28. The van der Waals surface area contributed by atoms with E-state index in [-0.39, 0.29) is 10.6 Å². The maximum atomic E-state index is 13.8. The Hall–Kier alpha value is -1.62. The summed E-state index contributed by atoms with van der Waals surface area (Å²) in [6.07, 6.45) is 1.13. The van der Waals surface area contributed by atoms with Crippen molar-refractivity contribution in [2.45, 2.75) is 25.8 Å². The Bertz CT molecular complexity index is 549. The average Bonchev–Trinajstić information content (AvgIpc) is 2.38. The molecule has 1 aromatic carbocycles. The molecule has 1 N–H and O–H groups in total. The topological polar surface area (TPSA) is 57.6 Å². The van der Waals surface area contributed by atoms with Crippen LogP contribution in [0.2, 0.25) is 5.02 Å². The molecular weight excluding hydrogens is 285 g/mol. The molecule has 0 radical (unpaired) electrons. The van der Waals surface area contributed by atoms with Gasteiger partial charge in [-0.3, -0.25) is 9.59 Å². The standard InChI is InChI=1S/C14H15ClFNO3/c1-8-10(14(19)20)3-2-6-17(8)13(18)11-5-4-9(15)7-12(11)16/h4-5,7-8,10H,2-3,6H2,1H3,(H,19,20)/t8-,10-/m1/s1. The number of carbonyl (C=O) groups is 2. The van der Waals surface area contributed by atoms with Gasteiger partial charge in [0.25, 0.3) is 5.91 Å². The van der Waals surface area contributed by atoms with Crippen LogP contribution in [0.15, 0.2) is 18.2 Å². The van der Waals surface area contributed by atoms with Gasteiger partial charge >= 0.3 is 5.97 Å². The van der Waals surface area contributed by atoms with E-state index in [0.29, 0.717) is 19.4 Å². The summed E-state index contributed by atoms with van der Waals surface area (Å²) < 4.78 is 13.8. The second-order valence-electron chi connectivity index (χ2n) is 4.95. The summed E-state index contributed by atoms with van der Waals surface area (Å²) in [5, 5.41) is 9.36. The third-order valence-corrected chi connectivity index (χ3v) is 3.96. The molecule has 1 aromatic rings. The quantitative estimate of drug-likeness (QED) is 0.913. The molecule has 0 unspecified atom stereocenters. The molecule has 20 heavy (non-hydrogen) atoms. The van der Waals surface area contributed by atoms with Gasteiger partial charge in [-0.15, -0.1) is 0 Å². The van der Waals surface area contributed by atoms with E-state index in [9.17, 15) is 14.0 Å². The lowest BCUT2D eigenvalue weighted by molar-refractivity contribution is -0.144. The summed E-state index contributed by atoms with van der Waals surface area (Å²) >= 11 is 5.66. The van der Waals surface area contributed by atoms with Crippen molar-refractivity contribution in [1.82, 2.24) is 4.90 Å². The van der Waals surface area contributed by atoms with Crippen LogP contribution in [0, 0.1) is 11.7 Å². The number of amides is 1. The van der Waals surface area contributed by atoms with Crippen molar-refractivity contribution in [2.75, 3.05) is 6.54 Å². The molecule has 1 heterocycles. The monoisotopic (exact) mass is 299 g/mol. The maximum Gasteiger partial charge on any atom is 0.308 e. The molecule has 1 aliphatic rings. The predicted octanol–water partition coefficient (Wildman–Crippen LogP) is 2.80. The Morgan fingerprint density at radius 2 is 2.15 bits per heavy atom. The highest BCUT2D eigenvalue weighted by Gasteiger charge is 2.36. The van der Waals surface area contributed by atoms with Crippen LogP contribution in [0.4, 0.5) is 4.39 Å². The van der Waals surface area contributed by atoms with Crippen LogP contribution in [-0.4, -0.2) is 34.5 Å². The molecule has 0 saturated carbocycles. The van der Waals surface area contributed by atoms with Gasteiger partial charge in [-0.1, -0.05) is 11.6 Å². The summed E-state index contributed by atoms with van der Waals surface area (Å²) in [5.74, 6) is -2.71. The van der Waals surface area contributed by atoms with E-state index in [2.05, 4.69) is 0 Å². The van der Waals surface area contributed by atoms with Crippen LogP contribution in [0.1, 0.15) is 30.1 Å². The minimum Gasteiger partial charge on any atom is -0.481 e. The SMILES string of the molecule is C[C@@H]1[C@H](C(=O)O)CCCN1C(=O)c1ccc(Cl)cc1F. The molecule has 1 saturated heterocycles. The predicted molar refractivity (Wildman–Crippen MR) is 72.3 cm³/mol. The molecular formula is C14H15ClFNO3. The Morgan fingerprint density at radius 1 is 1.45 bits per heavy atom. The molecule has 4 nitrogen and oxygen atoms in total. The smallest absolute Gasteiger partial charge is 0.308 e. The fraction of sp³-hybridized carbons (Fsp3) is 0.429. The molecule has 2 rings (SSSR count). The third kappa shape index (κ3) is 2.77. The lowest BCUT2D eigenvalue weighted by Gasteiger charge is -2.37. The van der Waals surface area contributed by atoms with Gasteiger partial charge in [0.15, 0.2) is 0 Å². The number of halogens is 2. The fourth-order valence-corrected chi connectivity index (χ4v) is 2.74. The Balaban J connectivity index is 2.26. The summed E-state index contributed by atoms with van der Waals surface area (Å²) in [6.45, 7) is 2.12. The summed E-state index contributed by atoms with van der Waals surface area (Å²) in [7, 11) is 0. The Labute approximate surface area is 121 Å². The second kappa shape index (κ2) is 5.79. The number of carbonyl (C=O) groups excluding carboxylic acids is 1. The van der Waals surface area contributed by atoms with Gasteiger partial charge in [0.2, 0.25) is 0 Å². The number of carboxylic acid groups (broad SMARTS) is 1. The first-order valence-corrected chi connectivity index (χ1v) is 6.78. The van der Waals surface area contributed by atoms with Crippen LogP contribution in [0.5, 0.6) is 0 Å². The number of benzene rings is 1. The van der Waals surface area contributed by atoms with Crippen molar-refractivity contribution in [3.63, 3.8) is 0 Å². The molecule has 6 heteroatoms. The number of aliphatic carboxylic acids is 1. The molecule has 108 valence electrons. The zero-order chi connectivity index (χ0) is 14.9. The van der Waals surface area contributed by atoms with Crippen molar-refractivity contribution in [1.29, 1.82) is 0 Å². The number of nitrogens with zero attached hydrogens (tertiary/aromatic N) is 1. The van der Waals surface area contributed by atoms with Crippen LogP contribution in [0.25, 0.3) is 0 Å². The maximum absolute atomic E-state index is 13.8. The first-order chi connectivity index (χ1) is 9.41. The molecule has 0 aliphatic carbocycles. The van der Waals surface area contributed by atoms with Crippen LogP contribution in [0.3, 0.4) is 0 Å². The van der Waals surface area contributed by atoms with Gasteiger partial charge in [-0.25, -0.2) is 4.39 Å². The number of likely N-dealkylation sites (tertiary alicyclic amines) is 1. The molecule has 0 spiro atoms. The molecule has 0 aromatic heterocycles. The van der Waals surface area contributed by atoms with Crippen molar-refractivity contribution in [2.24, 2.45) is 5.92 Å². The minimum atomic E-state index is -0.924. The lowest BCUT2D eigenvalue weighted by Crippen LogP contribution is -2.49. The van der Waals surface area contributed by atoms with E-state index in [1.54, 1.807) is 6.92 Å². The fourth-order valence-electron chi connectivity index (χ4n) is 2.58. The van der Waals surface area contributed by atoms with E-state index in [4.69, 9.17) is 16.7 Å².